The molecule has 8 nitrogen and oxygen atoms in total. The molecule has 0 aliphatic heterocycles. The third-order valence-electron chi connectivity index (χ3n) is 3.64. The van der Waals surface area contributed by atoms with E-state index in [0.717, 1.165) is 11.5 Å². The fourth-order valence-electron chi connectivity index (χ4n) is 2.27. The van der Waals surface area contributed by atoms with Crippen LogP contribution in [-0.4, -0.2) is 36.1 Å². The van der Waals surface area contributed by atoms with Gasteiger partial charge in [0.15, 0.2) is 0 Å². The van der Waals surface area contributed by atoms with Crippen molar-refractivity contribution in [2.45, 2.75) is 6.54 Å². The monoisotopic (exact) mass is 368 g/mol. The summed E-state index contributed by atoms with van der Waals surface area (Å²) in [6.07, 6.45) is 2.90. The molecule has 3 aromatic rings. The number of anilines is 1. The molecular formula is C19H20N4O4. The Morgan fingerprint density at radius 1 is 1.15 bits per heavy atom. The van der Waals surface area contributed by atoms with Crippen LogP contribution in [0.5, 0.6) is 11.5 Å². The summed E-state index contributed by atoms with van der Waals surface area (Å²) in [7, 11) is 1.62. The second kappa shape index (κ2) is 9.23. The first kappa shape index (κ1) is 18.2. The first-order valence-electron chi connectivity index (χ1n) is 8.38. The SMILES string of the molecule is COc1ccc(OCCNc2cc(C(=O)NCc3ccco3)ncn2)cc1. The lowest BCUT2D eigenvalue weighted by Crippen LogP contribution is -2.24. The summed E-state index contributed by atoms with van der Waals surface area (Å²) in [6, 6.07) is 12.5. The van der Waals surface area contributed by atoms with E-state index < -0.39 is 0 Å². The van der Waals surface area contributed by atoms with Gasteiger partial charge in [0.1, 0.15) is 41.7 Å². The number of carbonyl (C=O) groups is 1. The van der Waals surface area contributed by atoms with Gasteiger partial charge in [-0.2, -0.15) is 0 Å². The van der Waals surface area contributed by atoms with Gasteiger partial charge in [0.25, 0.3) is 5.91 Å². The fraction of sp³-hybridized carbons (Fsp3) is 0.211. The molecule has 140 valence electrons. The van der Waals surface area contributed by atoms with E-state index in [1.165, 1.54) is 6.33 Å². The number of rotatable bonds is 9. The predicted octanol–water partition coefficient (Wildman–Crippen LogP) is 2.50. The maximum absolute atomic E-state index is 12.2. The smallest absolute Gasteiger partial charge is 0.270 e. The minimum Gasteiger partial charge on any atom is -0.497 e. The van der Waals surface area contributed by atoms with Gasteiger partial charge in [0, 0.05) is 6.07 Å². The quantitative estimate of drug-likeness (QED) is 0.560. The van der Waals surface area contributed by atoms with Gasteiger partial charge >= 0.3 is 0 Å². The molecule has 0 bridgehead atoms. The van der Waals surface area contributed by atoms with E-state index in [4.69, 9.17) is 13.9 Å². The van der Waals surface area contributed by atoms with Gasteiger partial charge in [0.05, 0.1) is 26.5 Å². The molecule has 0 atom stereocenters. The van der Waals surface area contributed by atoms with Crippen LogP contribution < -0.4 is 20.1 Å². The molecule has 0 radical (unpaired) electrons. The Morgan fingerprint density at radius 3 is 2.70 bits per heavy atom. The predicted molar refractivity (Wildman–Crippen MR) is 98.9 cm³/mol. The van der Waals surface area contributed by atoms with E-state index in [9.17, 15) is 4.79 Å². The van der Waals surface area contributed by atoms with Crippen molar-refractivity contribution in [1.82, 2.24) is 15.3 Å². The molecular weight excluding hydrogens is 348 g/mol. The van der Waals surface area contributed by atoms with Crippen molar-refractivity contribution in [3.63, 3.8) is 0 Å². The number of aromatic nitrogens is 2. The number of carbonyl (C=O) groups excluding carboxylic acids is 1. The minimum atomic E-state index is -0.300. The van der Waals surface area contributed by atoms with Crippen molar-refractivity contribution in [2.24, 2.45) is 0 Å². The maximum Gasteiger partial charge on any atom is 0.270 e. The first-order chi connectivity index (χ1) is 13.2. The zero-order valence-electron chi connectivity index (χ0n) is 14.8. The molecule has 0 saturated heterocycles. The van der Waals surface area contributed by atoms with Crippen molar-refractivity contribution in [1.29, 1.82) is 0 Å². The zero-order valence-corrected chi connectivity index (χ0v) is 14.8. The van der Waals surface area contributed by atoms with E-state index in [1.54, 1.807) is 31.6 Å². The highest BCUT2D eigenvalue weighted by molar-refractivity contribution is 5.92. The molecule has 2 heterocycles. The molecule has 0 saturated carbocycles. The third-order valence-corrected chi connectivity index (χ3v) is 3.64. The Kier molecular flexibility index (Phi) is 6.24. The Bertz CT molecular complexity index is 850. The van der Waals surface area contributed by atoms with Crippen molar-refractivity contribution < 1.29 is 18.7 Å². The number of hydrogen-bond acceptors (Lipinski definition) is 7. The van der Waals surface area contributed by atoms with Crippen molar-refractivity contribution in [3.05, 3.63) is 66.5 Å². The molecule has 0 unspecified atom stereocenters. The molecule has 27 heavy (non-hydrogen) atoms. The van der Waals surface area contributed by atoms with Crippen LogP contribution in [0, 0.1) is 0 Å². The van der Waals surface area contributed by atoms with Gasteiger partial charge in [-0.05, 0) is 36.4 Å². The number of benzene rings is 1. The van der Waals surface area contributed by atoms with Crippen molar-refractivity contribution in [2.75, 3.05) is 25.6 Å². The Balaban J connectivity index is 1.44. The zero-order chi connectivity index (χ0) is 18.9. The highest BCUT2D eigenvalue weighted by atomic mass is 16.5. The molecule has 0 spiro atoms. The molecule has 2 N–H and O–H groups in total. The van der Waals surface area contributed by atoms with E-state index in [-0.39, 0.29) is 11.6 Å². The summed E-state index contributed by atoms with van der Waals surface area (Å²) in [4.78, 5) is 20.3. The highest BCUT2D eigenvalue weighted by Crippen LogP contribution is 2.16. The van der Waals surface area contributed by atoms with Gasteiger partial charge < -0.3 is 24.5 Å². The number of nitrogens with zero attached hydrogens (tertiary/aromatic N) is 2. The average molecular weight is 368 g/mol. The molecule has 1 aromatic carbocycles. The number of nitrogens with one attached hydrogen (secondary N) is 2. The van der Waals surface area contributed by atoms with E-state index in [0.29, 0.717) is 31.3 Å². The normalized spacial score (nSPS) is 10.3. The third kappa shape index (κ3) is 5.46. The highest BCUT2D eigenvalue weighted by Gasteiger charge is 2.09. The van der Waals surface area contributed by atoms with Gasteiger partial charge in [-0.15, -0.1) is 0 Å². The first-order valence-corrected chi connectivity index (χ1v) is 8.38. The van der Waals surface area contributed by atoms with Crippen LogP contribution in [0.25, 0.3) is 0 Å². The summed E-state index contributed by atoms with van der Waals surface area (Å²) in [6.45, 7) is 1.27. The molecule has 3 rings (SSSR count). The van der Waals surface area contributed by atoms with Crippen LogP contribution in [-0.2, 0) is 6.54 Å². The summed E-state index contributed by atoms with van der Waals surface area (Å²) in [5.74, 6) is 2.45. The maximum atomic E-state index is 12.2. The molecule has 0 aliphatic carbocycles. The van der Waals surface area contributed by atoms with Crippen LogP contribution in [0.4, 0.5) is 5.82 Å². The van der Waals surface area contributed by atoms with E-state index in [2.05, 4.69) is 20.6 Å². The minimum absolute atomic E-state index is 0.273. The number of ether oxygens (including phenoxy) is 2. The molecule has 2 aromatic heterocycles. The molecule has 0 aliphatic rings. The number of methoxy groups -OCH3 is 1. The van der Waals surface area contributed by atoms with Gasteiger partial charge in [-0.1, -0.05) is 0 Å². The van der Waals surface area contributed by atoms with Gasteiger partial charge in [0.2, 0.25) is 0 Å². The summed E-state index contributed by atoms with van der Waals surface area (Å²) in [5, 5.41) is 5.84. The fourth-order valence-corrected chi connectivity index (χ4v) is 2.27. The van der Waals surface area contributed by atoms with Crippen LogP contribution in [0.1, 0.15) is 16.2 Å². The van der Waals surface area contributed by atoms with Crippen LogP contribution in [0.2, 0.25) is 0 Å². The summed E-state index contributed by atoms with van der Waals surface area (Å²) in [5.41, 5.74) is 0.273. The lowest BCUT2D eigenvalue weighted by Gasteiger charge is -2.09. The second-order valence-corrected chi connectivity index (χ2v) is 5.50. The second-order valence-electron chi connectivity index (χ2n) is 5.50. The Hall–Kier alpha value is -3.55. The standard InChI is InChI=1S/C19H20N4O4/c1-25-14-4-6-15(7-5-14)27-10-8-20-18-11-17(22-13-23-18)19(24)21-12-16-3-2-9-26-16/h2-7,9,11,13H,8,10,12H2,1H3,(H,21,24)(H,20,22,23). The van der Waals surface area contributed by atoms with Gasteiger partial charge in [-0.25, -0.2) is 9.97 Å². The van der Waals surface area contributed by atoms with Crippen molar-refractivity contribution in [3.8, 4) is 11.5 Å². The van der Waals surface area contributed by atoms with Crippen LogP contribution in [0.15, 0.2) is 59.5 Å². The van der Waals surface area contributed by atoms with Crippen molar-refractivity contribution >= 4 is 11.7 Å². The van der Waals surface area contributed by atoms with Gasteiger partial charge in [-0.3, -0.25) is 4.79 Å². The summed E-state index contributed by atoms with van der Waals surface area (Å²) >= 11 is 0. The molecule has 1 amide bonds. The van der Waals surface area contributed by atoms with Crippen LogP contribution >= 0.6 is 0 Å². The topological polar surface area (TPSA) is 98.5 Å². The Morgan fingerprint density at radius 2 is 1.96 bits per heavy atom. The Labute approximate surface area is 156 Å². The number of furan rings is 1. The van der Waals surface area contributed by atoms with E-state index >= 15 is 0 Å². The molecule has 0 fully saturated rings. The summed E-state index contributed by atoms with van der Waals surface area (Å²) < 4.78 is 15.9. The lowest BCUT2D eigenvalue weighted by atomic mass is 10.3. The van der Waals surface area contributed by atoms with E-state index in [1.807, 2.05) is 24.3 Å². The van der Waals surface area contributed by atoms with Crippen LogP contribution in [0.3, 0.4) is 0 Å². The number of amides is 1. The molecule has 8 heteroatoms. The average Bonchev–Trinajstić information content (AvgIpc) is 3.24. The lowest BCUT2D eigenvalue weighted by molar-refractivity contribution is 0.0943. The largest absolute Gasteiger partial charge is 0.497 e. The number of hydrogen-bond donors (Lipinski definition) is 2.